The molecule has 3 rings (SSSR count). The zero-order valence-corrected chi connectivity index (χ0v) is 14.0. The minimum absolute atomic E-state index is 0. The average molecular weight is 319 g/mol. The first-order valence-corrected chi connectivity index (χ1v) is 9.13. The fraction of sp³-hybridized carbons (Fsp3) is 0.167. The Morgan fingerprint density at radius 3 is 2.15 bits per heavy atom. The third kappa shape index (κ3) is 4.72. The average Bonchev–Trinajstić information content (AvgIpc) is 3.14. The van der Waals surface area contributed by atoms with Gasteiger partial charge in [-0.1, -0.05) is 43.4 Å². The Hall–Kier alpha value is -1.21. The molecule has 2 aromatic rings. The Balaban J connectivity index is 0.000000283. The largest absolute Gasteiger partial charge is 2.00 e. The van der Waals surface area contributed by atoms with Gasteiger partial charge >= 0.3 is 17.1 Å². The topological polar surface area (TPSA) is 0 Å². The van der Waals surface area contributed by atoms with E-state index >= 15 is 0 Å². The predicted octanol–water partition coefficient (Wildman–Crippen LogP) is 4.90. The number of hydrogen-bond acceptors (Lipinski definition) is 0. The summed E-state index contributed by atoms with van der Waals surface area (Å²) in [6.45, 7) is 4.66. The second-order valence-electron chi connectivity index (χ2n) is 4.70. The van der Waals surface area contributed by atoms with Crippen LogP contribution in [0.1, 0.15) is 12.0 Å². The summed E-state index contributed by atoms with van der Waals surface area (Å²) in [5, 5.41) is 1.47. The molecule has 0 fully saturated rings. The maximum absolute atomic E-state index is 3.47. The van der Waals surface area contributed by atoms with E-state index in [1.807, 2.05) is 30.3 Å². The molecule has 0 amide bonds. The first kappa shape index (κ1) is 16.8. The fourth-order valence-electron chi connectivity index (χ4n) is 2.10. The SMILES string of the molecule is C[Si](C)C1=[C-]CC=C1c1ccccc1.[Fe+2].c1cc[cH-]c1. The summed E-state index contributed by atoms with van der Waals surface area (Å²) in [4.78, 5) is 0. The van der Waals surface area contributed by atoms with Gasteiger partial charge in [-0.05, 0) is 0 Å². The molecule has 0 aromatic heterocycles. The van der Waals surface area contributed by atoms with Gasteiger partial charge in [0.15, 0.2) is 0 Å². The summed E-state index contributed by atoms with van der Waals surface area (Å²) in [6.07, 6.45) is 6.76. The molecule has 0 saturated carbocycles. The molecule has 103 valence electrons. The van der Waals surface area contributed by atoms with E-state index in [1.54, 1.807) is 0 Å². The summed E-state index contributed by atoms with van der Waals surface area (Å²) in [5.41, 5.74) is 2.77. The number of hydrogen-bond donors (Lipinski definition) is 0. The van der Waals surface area contributed by atoms with Gasteiger partial charge in [0, 0.05) is 8.80 Å². The van der Waals surface area contributed by atoms with Crippen LogP contribution in [-0.4, -0.2) is 8.80 Å². The van der Waals surface area contributed by atoms with Gasteiger partial charge in [0.1, 0.15) is 0 Å². The molecule has 0 N–H and O–H groups in total. The van der Waals surface area contributed by atoms with Gasteiger partial charge in [0.2, 0.25) is 0 Å². The van der Waals surface area contributed by atoms with Crippen molar-refractivity contribution >= 4 is 14.4 Å². The summed E-state index contributed by atoms with van der Waals surface area (Å²) in [7, 11) is -0.370. The summed E-state index contributed by atoms with van der Waals surface area (Å²) >= 11 is 0. The van der Waals surface area contributed by atoms with Gasteiger partial charge in [0.25, 0.3) is 0 Å². The van der Waals surface area contributed by atoms with E-state index in [1.165, 1.54) is 16.3 Å². The van der Waals surface area contributed by atoms with Crippen LogP contribution in [-0.2, 0) is 17.1 Å². The minimum Gasteiger partial charge on any atom is -0.273 e. The van der Waals surface area contributed by atoms with Crippen LogP contribution >= 0.6 is 0 Å². The van der Waals surface area contributed by atoms with Crippen LogP contribution in [0.15, 0.2) is 71.9 Å². The molecule has 1 aliphatic carbocycles. The molecule has 1 aliphatic rings. The smallest absolute Gasteiger partial charge is 0.273 e. The summed E-state index contributed by atoms with van der Waals surface area (Å²) < 4.78 is 0. The van der Waals surface area contributed by atoms with E-state index in [0.29, 0.717) is 0 Å². The molecule has 0 bridgehead atoms. The van der Waals surface area contributed by atoms with Crippen LogP contribution in [0.4, 0.5) is 0 Å². The Labute approximate surface area is 134 Å². The maximum Gasteiger partial charge on any atom is 2.00 e. The molecule has 0 aliphatic heterocycles. The van der Waals surface area contributed by atoms with E-state index in [4.69, 9.17) is 0 Å². The molecule has 0 heterocycles. The van der Waals surface area contributed by atoms with E-state index in [9.17, 15) is 0 Å². The predicted molar refractivity (Wildman–Crippen MR) is 85.3 cm³/mol. The Morgan fingerprint density at radius 1 is 1.00 bits per heavy atom. The zero-order valence-electron chi connectivity index (χ0n) is 11.9. The van der Waals surface area contributed by atoms with Crippen molar-refractivity contribution in [3.63, 3.8) is 0 Å². The number of rotatable bonds is 2. The van der Waals surface area contributed by atoms with Crippen LogP contribution in [0.3, 0.4) is 0 Å². The molecular formula is C18H19FeSi. The van der Waals surface area contributed by atoms with Crippen molar-refractivity contribution in [1.29, 1.82) is 0 Å². The normalized spacial score (nSPS) is 12.9. The quantitative estimate of drug-likeness (QED) is 0.545. The number of allylic oxidation sites excluding steroid dienone is 4. The first-order valence-electron chi connectivity index (χ1n) is 6.63. The Morgan fingerprint density at radius 2 is 1.65 bits per heavy atom. The molecule has 0 atom stereocenters. The van der Waals surface area contributed by atoms with Crippen molar-refractivity contribution in [2.24, 2.45) is 0 Å². The molecule has 0 nitrogen and oxygen atoms in total. The molecule has 1 radical (unpaired) electrons. The third-order valence-corrected chi connectivity index (χ3v) is 4.44. The second kappa shape index (κ2) is 8.86. The first-order chi connectivity index (χ1) is 9.29. The molecular weight excluding hydrogens is 300 g/mol. The van der Waals surface area contributed by atoms with Gasteiger partial charge in [-0.3, -0.25) is 6.08 Å². The molecule has 20 heavy (non-hydrogen) atoms. The van der Waals surface area contributed by atoms with Crippen molar-refractivity contribution in [2.45, 2.75) is 19.5 Å². The zero-order chi connectivity index (χ0) is 13.5. The van der Waals surface area contributed by atoms with Crippen molar-refractivity contribution in [3.05, 3.63) is 83.6 Å². The van der Waals surface area contributed by atoms with E-state index in [2.05, 4.69) is 55.6 Å². The third-order valence-electron chi connectivity index (χ3n) is 2.99. The maximum atomic E-state index is 3.47. The Bertz CT molecular complexity index is 519. The van der Waals surface area contributed by atoms with Crippen LogP contribution in [0.2, 0.25) is 13.1 Å². The fourth-order valence-corrected chi connectivity index (χ4v) is 3.34. The van der Waals surface area contributed by atoms with Crippen molar-refractivity contribution in [3.8, 4) is 0 Å². The van der Waals surface area contributed by atoms with E-state index < -0.39 is 0 Å². The van der Waals surface area contributed by atoms with Gasteiger partial charge in [-0.25, -0.2) is 17.3 Å². The van der Waals surface area contributed by atoms with Crippen molar-refractivity contribution in [1.82, 2.24) is 0 Å². The van der Waals surface area contributed by atoms with Gasteiger partial charge in [-0.2, -0.15) is 29.8 Å². The van der Waals surface area contributed by atoms with Crippen LogP contribution in [0.25, 0.3) is 5.57 Å². The molecule has 0 unspecified atom stereocenters. The molecule has 2 aromatic carbocycles. The van der Waals surface area contributed by atoms with Crippen LogP contribution in [0.5, 0.6) is 0 Å². The molecule has 0 saturated heterocycles. The second-order valence-corrected chi connectivity index (χ2v) is 7.20. The minimum atomic E-state index is -0.370. The van der Waals surface area contributed by atoms with Gasteiger partial charge in [0.05, 0.1) is 0 Å². The van der Waals surface area contributed by atoms with E-state index in [0.717, 1.165) is 6.42 Å². The van der Waals surface area contributed by atoms with Crippen molar-refractivity contribution in [2.75, 3.05) is 0 Å². The molecule has 2 heteroatoms. The van der Waals surface area contributed by atoms with Crippen molar-refractivity contribution < 1.29 is 17.1 Å². The summed E-state index contributed by atoms with van der Waals surface area (Å²) in [5.74, 6) is 0. The van der Waals surface area contributed by atoms with Crippen LogP contribution in [0, 0.1) is 6.08 Å². The number of benzene rings is 1. The van der Waals surface area contributed by atoms with Gasteiger partial charge < -0.3 is 0 Å². The molecule has 0 spiro atoms. The Kier molecular flexibility index (Phi) is 7.46. The van der Waals surface area contributed by atoms with Crippen LogP contribution < -0.4 is 0 Å². The standard InChI is InChI=1S/C13H14Si.C5H5.Fe/c1-14(2)13-10-6-9-12(13)11-7-4-3-5-8-11;1-2-4-5-3-1;/h3-5,7-9H,6H2,1-2H3;1-5H;/q2*-1;+2. The summed E-state index contributed by atoms with van der Waals surface area (Å²) in [6, 6.07) is 20.6. The monoisotopic (exact) mass is 319 g/mol. The van der Waals surface area contributed by atoms with Gasteiger partial charge in [-0.15, -0.1) is 12.0 Å². The van der Waals surface area contributed by atoms with E-state index in [-0.39, 0.29) is 25.9 Å².